The van der Waals surface area contributed by atoms with Gasteiger partial charge in [0.1, 0.15) is 0 Å². The first kappa shape index (κ1) is 15.0. The average Bonchev–Trinajstić information content (AvgIpc) is 2.37. The molecule has 0 aromatic heterocycles. The third kappa shape index (κ3) is 6.42. The third-order valence-corrected chi connectivity index (χ3v) is 3.83. The smallest absolute Gasteiger partial charge is 0.0615 e. The summed E-state index contributed by atoms with van der Waals surface area (Å²) in [6.45, 7) is 7.68. The number of unbranched alkanes of at least 4 members (excludes halogenated alkanes) is 4. The molecule has 2 heteroatoms. The molecule has 1 fully saturated rings. The molecule has 0 spiro atoms. The van der Waals surface area contributed by atoms with E-state index in [1.807, 2.05) is 0 Å². The van der Waals surface area contributed by atoms with Gasteiger partial charge in [-0.15, -0.1) is 0 Å². The lowest BCUT2D eigenvalue weighted by Crippen LogP contribution is -2.36. The van der Waals surface area contributed by atoms with Crippen LogP contribution in [0.2, 0.25) is 0 Å². The van der Waals surface area contributed by atoms with Crippen molar-refractivity contribution in [1.29, 1.82) is 0 Å². The topological polar surface area (TPSA) is 21.3 Å². The molecule has 2 nitrogen and oxygen atoms in total. The van der Waals surface area contributed by atoms with Gasteiger partial charge in [0.25, 0.3) is 0 Å². The molecule has 0 amide bonds. The molecule has 17 heavy (non-hydrogen) atoms. The summed E-state index contributed by atoms with van der Waals surface area (Å²) in [7, 11) is 0. The molecule has 0 aliphatic carbocycles. The predicted octanol–water partition coefficient (Wildman–Crippen LogP) is 3.75. The second-order valence-electron chi connectivity index (χ2n) is 5.32. The maximum absolute atomic E-state index is 5.95. The van der Waals surface area contributed by atoms with E-state index in [1.165, 1.54) is 51.4 Å². The van der Waals surface area contributed by atoms with Crippen LogP contribution >= 0.6 is 0 Å². The van der Waals surface area contributed by atoms with Crippen molar-refractivity contribution in [2.24, 2.45) is 5.92 Å². The third-order valence-electron chi connectivity index (χ3n) is 3.83. The average molecular weight is 241 g/mol. The van der Waals surface area contributed by atoms with Crippen molar-refractivity contribution in [1.82, 2.24) is 5.32 Å². The highest BCUT2D eigenvalue weighted by Crippen LogP contribution is 2.24. The maximum Gasteiger partial charge on any atom is 0.0615 e. The Morgan fingerprint density at radius 1 is 1.12 bits per heavy atom. The van der Waals surface area contributed by atoms with Crippen LogP contribution < -0.4 is 5.32 Å². The van der Waals surface area contributed by atoms with E-state index in [9.17, 15) is 0 Å². The molecule has 0 saturated carbocycles. The van der Waals surface area contributed by atoms with Crippen LogP contribution in [0.1, 0.15) is 65.2 Å². The maximum atomic E-state index is 5.95. The van der Waals surface area contributed by atoms with Crippen LogP contribution in [0.25, 0.3) is 0 Å². The SMILES string of the molecule is CCCCCCCC1OCCCC1CNCC. The minimum absolute atomic E-state index is 0.532. The summed E-state index contributed by atoms with van der Waals surface area (Å²) in [5.74, 6) is 0.759. The lowest BCUT2D eigenvalue weighted by Gasteiger charge is -2.32. The van der Waals surface area contributed by atoms with E-state index in [2.05, 4.69) is 19.2 Å². The van der Waals surface area contributed by atoms with Gasteiger partial charge in [-0.1, -0.05) is 46.0 Å². The van der Waals surface area contributed by atoms with E-state index in [1.54, 1.807) is 0 Å². The van der Waals surface area contributed by atoms with Crippen molar-refractivity contribution >= 4 is 0 Å². The zero-order valence-corrected chi connectivity index (χ0v) is 11.8. The Balaban J connectivity index is 2.13. The summed E-state index contributed by atoms with van der Waals surface area (Å²) in [6, 6.07) is 0. The molecule has 0 bridgehead atoms. The second-order valence-corrected chi connectivity index (χ2v) is 5.32. The zero-order valence-electron chi connectivity index (χ0n) is 11.8. The summed E-state index contributed by atoms with van der Waals surface area (Å²) in [6.07, 6.45) is 11.3. The Kier molecular flexibility index (Phi) is 8.72. The van der Waals surface area contributed by atoms with Crippen LogP contribution in [0.4, 0.5) is 0 Å². The molecule has 1 N–H and O–H groups in total. The van der Waals surface area contributed by atoms with Crippen molar-refractivity contribution in [3.8, 4) is 0 Å². The Morgan fingerprint density at radius 3 is 2.71 bits per heavy atom. The van der Waals surface area contributed by atoms with Crippen LogP contribution in [0, 0.1) is 5.92 Å². The van der Waals surface area contributed by atoms with E-state index in [0.717, 1.165) is 25.6 Å². The minimum Gasteiger partial charge on any atom is -0.378 e. The van der Waals surface area contributed by atoms with Gasteiger partial charge in [0, 0.05) is 13.2 Å². The van der Waals surface area contributed by atoms with Gasteiger partial charge in [0.05, 0.1) is 6.10 Å². The van der Waals surface area contributed by atoms with E-state index in [4.69, 9.17) is 4.74 Å². The fourth-order valence-corrected chi connectivity index (χ4v) is 2.73. The van der Waals surface area contributed by atoms with Gasteiger partial charge < -0.3 is 10.1 Å². The van der Waals surface area contributed by atoms with Gasteiger partial charge in [-0.25, -0.2) is 0 Å². The van der Waals surface area contributed by atoms with E-state index in [0.29, 0.717) is 6.10 Å². The van der Waals surface area contributed by atoms with Crippen molar-refractivity contribution < 1.29 is 4.74 Å². The number of hydrogen-bond donors (Lipinski definition) is 1. The summed E-state index contributed by atoms with van der Waals surface area (Å²) in [5, 5.41) is 3.48. The standard InChI is InChI=1S/C15H31NO/c1-3-5-6-7-8-11-15-14(13-16-4-2)10-9-12-17-15/h14-16H,3-13H2,1-2H3. The molecule has 0 aromatic carbocycles. The highest BCUT2D eigenvalue weighted by atomic mass is 16.5. The molecular weight excluding hydrogens is 210 g/mol. The van der Waals surface area contributed by atoms with Crippen molar-refractivity contribution in [3.05, 3.63) is 0 Å². The van der Waals surface area contributed by atoms with Crippen LogP contribution in [-0.2, 0) is 4.74 Å². The monoisotopic (exact) mass is 241 g/mol. The molecule has 2 atom stereocenters. The molecule has 1 saturated heterocycles. The Morgan fingerprint density at radius 2 is 1.94 bits per heavy atom. The first-order valence-electron chi connectivity index (χ1n) is 7.70. The number of rotatable bonds is 9. The van der Waals surface area contributed by atoms with E-state index in [-0.39, 0.29) is 0 Å². The first-order chi connectivity index (χ1) is 8.38. The lowest BCUT2D eigenvalue weighted by molar-refractivity contribution is -0.0312. The summed E-state index contributed by atoms with van der Waals surface area (Å²) < 4.78 is 5.95. The van der Waals surface area contributed by atoms with Gasteiger partial charge in [-0.2, -0.15) is 0 Å². The molecule has 1 aliphatic heterocycles. The second kappa shape index (κ2) is 9.90. The number of ether oxygens (including phenoxy) is 1. The van der Waals surface area contributed by atoms with Gasteiger partial charge in [-0.05, 0) is 31.7 Å². The molecule has 102 valence electrons. The van der Waals surface area contributed by atoms with Crippen molar-refractivity contribution in [2.45, 2.75) is 71.3 Å². The van der Waals surface area contributed by atoms with Crippen LogP contribution in [0.5, 0.6) is 0 Å². The minimum atomic E-state index is 0.532. The predicted molar refractivity (Wildman–Crippen MR) is 74.4 cm³/mol. The van der Waals surface area contributed by atoms with Gasteiger partial charge in [-0.3, -0.25) is 0 Å². The molecule has 0 radical (unpaired) electrons. The van der Waals surface area contributed by atoms with Crippen LogP contribution in [0.3, 0.4) is 0 Å². The molecule has 1 aliphatic rings. The summed E-state index contributed by atoms with van der Waals surface area (Å²) >= 11 is 0. The largest absolute Gasteiger partial charge is 0.378 e. The fraction of sp³-hybridized carbons (Fsp3) is 1.00. The van der Waals surface area contributed by atoms with Crippen LogP contribution in [0.15, 0.2) is 0 Å². The lowest BCUT2D eigenvalue weighted by atomic mass is 9.90. The van der Waals surface area contributed by atoms with Crippen molar-refractivity contribution in [2.75, 3.05) is 19.7 Å². The molecule has 1 heterocycles. The first-order valence-corrected chi connectivity index (χ1v) is 7.70. The highest BCUT2D eigenvalue weighted by Gasteiger charge is 2.24. The number of nitrogens with one attached hydrogen (secondary N) is 1. The molecule has 2 unspecified atom stereocenters. The Hall–Kier alpha value is -0.0800. The Labute approximate surface area is 108 Å². The molecule has 0 aromatic rings. The van der Waals surface area contributed by atoms with Gasteiger partial charge in [0.2, 0.25) is 0 Å². The molecular formula is C15H31NO. The van der Waals surface area contributed by atoms with E-state index >= 15 is 0 Å². The summed E-state index contributed by atoms with van der Waals surface area (Å²) in [4.78, 5) is 0. The van der Waals surface area contributed by atoms with Crippen molar-refractivity contribution in [3.63, 3.8) is 0 Å². The van der Waals surface area contributed by atoms with E-state index < -0.39 is 0 Å². The normalized spacial score (nSPS) is 25.1. The number of hydrogen-bond acceptors (Lipinski definition) is 2. The zero-order chi connectivity index (χ0) is 12.3. The fourth-order valence-electron chi connectivity index (χ4n) is 2.73. The quantitative estimate of drug-likeness (QED) is 0.621. The van der Waals surface area contributed by atoms with Crippen LogP contribution in [-0.4, -0.2) is 25.8 Å². The van der Waals surface area contributed by atoms with Gasteiger partial charge in [0.15, 0.2) is 0 Å². The Bertz CT molecular complexity index is 172. The highest BCUT2D eigenvalue weighted by molar-refractivity contribution is 4.76. The molecule has 1 rings (SSSR count). The van der Waals surface area contributed by atoms with Gasteiger partial charge >= 0.3 is 0 Å². The summed E-state index contributed by atoms with van der Waals surface area (Å²) in [5.41, 5.74) is 0.